The van der Waals surface area contributed by atoms with Crippen molar-refractivity contribution in [3.05, 3.63) is 47.7 Å². The molecule has 2 rings (SSSR count). The predicted molar refractivity (Wildman–Crippen MR) is 87.2 cm³/mol. The number of carbonyl (C=O) groups is 1. The summed E-state index contributed by atoms with van der Waals surface area (Å²) in [7, 11) is 1.63. The Morgan fingerprint density at radius 2 is 2.17 bits per heavy atom. The molecule has 0 saturated carbocycles. The summed E-state index contributed by atoms with van der Waals surface area (Å²) in [5.41, 5.74) is 1.24. The van der Waals surface area contributed by atoms with E-state index < -0.39 is 0 Å². The molecule has 2 N–H and O–H groups in total. The van der Waals surface area contributed by atoms with Crippen LogP contribution in [0.25, 0.3) is 0 Å². The summed E-state index contributed by atoms with van der Waals surface area (Å²) >= 11 is 0. The van der Waals surface area contributed by atoms with E-state index in [0.717, 1.165) is 12.1 Å². The van der Waals surface area contributed by atoms with Crippen LogP contribution >= 0.6 is 0 Å². The third-order valence-electron chi connectivity index (χ3n) is 3.06. The summed E-state index contributed by atoms with van der Waals surface area (Å²) in [6.45, 7) is 3.45. The molecule has 23 heavy (non-hydrogen) atoms. The Labute approximate surface area is 135 Å². The van der Waals surface area contributed by atoms with Gasteiger partial charge < -0.3 is 15.4 Å². The van der Waals surface area contributed by atoms with Crippen molar-refractivity contribution in [3.8, 4) is 0 Å². The fourth-order valence-electron chi connectivity index (χ4n) is 1.97. The zero-order valence-corrected chi connectivity index (χ0v) is 13.4. The van der Waals surface area contributed by atoms with Gasteiger partial charge >= 0.3 is 0 Å². The molecule has 0 fully saturated rings. The molecule has 2 aromatic heterocycles. The number of aromatic nitrogens is 3. The number of carbonyl (C=O) groups excluding carboxylic acids is 1. The van der Waals surface area contributed by atoms with Crippen LogP contribution in [0.1, 0.15) is 28.4 Å². The third-order valence-corrected chi connectivity index (χ3v) is 3.06. The quantitative estimate of drug-likeness (QED) is 0.719. The average Bonchev–Trinajstić information content (AvgIpc) is 2.57. The number of aryl methyl sites for hydroxylation is 1. The number of nitrogens with one attached hydrogen (secondary N) is 2. The summed E-state index contributed by atoms with van der Waals surface area (Å²) in [6.07, 6.45) is 2.50. The van der Waals surface area contributed by atoms with E-state index in [1.807, 2.05) is 18.2 Å². The number of anilines is 1. The Bertz CT molecular complexity index is 634. The number of amides is 1. The second-order valence-electron chi connectivity index (χ2n) is 4.96. The highest BCUT2D eigenvalue weighted by atomic mass is 16.5. The zero-order valence-electron chi connectivity index (χ0n) is 13.4. The molecule has 0 spiro atoms. The molecule has 0 unspecified atom stereocenters. The number of ether oxygens (including phenoxy) is 1. The van der Waals surface area contributed by atoms with Gasteiger partial charge in [0, 0.05) is 32.5 Å². The van der Waals surface area contributed by atoms with Gasteiger partial charge in [-0.05, 0) is 25.5 Å². The Morgan fingerprint density at radius 1 is 1.30 bits per heavy atom. The maximum Gasteiger partial charge on any atom is 0.270 e. The van der Waals surface area contributed by atoms with Crippen LogP contribution in [-0.2, 0) is 11.3 Å². The second kappa shape index (κ2) is 8.79. The van der Waals surface area contributed by atoms with Crippen molar-refractivity contribution in [2.45, 2.75) is 19.9 Å². The van der Waals surface area contributed by atoms with E-state index in [2.05, 4.69) is 25.6 Å². The smallest absolute Gasteiger partial charge is 0.270 e. The van der Waals surface area contributed by atoms with Crippen LogP contribution in [0.2, 0.25) is 0 Å². The van der Waals surface area contributed by atoms with Gasteiger partial charge in [-0.1, -0.05) is 6.07 Å². The fourth-order valence-corrected chi connectivity index (χ4v) is 1.97. The normalized spacial score (nSPS) is 10.3. The summed E-state index contributed by atoms with van der Waals surface area (Å²) in [4.78, 5) is 24.8. The van der Waals surface area contributed by atoms with E-state index >= 15 is 0 Å². The van der Waals surface area contributed by atoms with Crippen LogP contribution in [0.4, 0.5) is 5.82 Å². The monoisotopic (exact) mass is 315 g/mol. The summed E-state index contributed by atoms with van der Waals surface area (Å²) in [5, 5.41) is 5.97. The standard InChI is InChI=1S/C16H21N5O2/c1-12-20-14(16(22)18-8-5-9-23-2)10-15(21-12)19-11-13-6-3-4-7-17-13/h3-4,6-7,10H,5,8-9,11H2,1-2H3,(H,18,22)(H,19,20,21). The van der Waals surface area contributed by atoms with Crippen molar-refractivity contribution in [1.82, 2.24) is 20.3 Å². The van der Waals surface area contributed by atoms with Gasteiger partial charge in [-0.2, -0.15) is 0 Å². The SMILES string of the molecule is COCCCNC(=O)c1cc(NCc2ccccn2)nc(C)n1. The average molecular weight is 315 g/mol. The number of hydrogen-bond acceptors (Lipinski definition) is 6. The minimum atomic E-state index is -0.215. The first-order valence-electron chi connectivity index (χ1n) is 7.45. The third kappa shape index (κ3) is 5.63. The Hall–Kier alpha value is -2.54. The minimum absolute atomic E-state index is 0.215. The van der Waals surface area contributed by atoms with E-state index in [9.17, 15) is 4.79 Å². The number of nitrogens with zero attached hydrogens (tertiary/aromatic N) is 3. The molecule has 0 aliphatic carbocycles. The maximum absolute atomic E-state index is 12.1. The molecule has 0 atom stereocenters. The van der Waals surface area contributed by atoms with Crippen molar-refractivity contribution in [1.29, 1.82) is 0 Å². The van der Waals surface area contributed by atoms with Crippen molar-refractivity contribution < 1.29 is 9.53 Å². The molecular formula is C16H21N5O2. The van der Waals surface area contributed by atoms with Crippen LogP contribution in [0, 0.1) is 6.92 Å². The summed E-state index contributed by atoms with van der Waals surface area (Å²) < 4.78 is 4.95. The van der Waals surface area contributed by atoms with Gasteiger partial charge in [-0.15, -0.1) is 0 Å². The lowest BCUT2D eigenvalue weighted by Crippen LogP contribution is -2.26. The molecule has 0 aliphatic heterocycles. The molecule has 0 radical (unpaired) electrons. The van der Waals surface area contributed by atoms with Gasteiger partial charge in [-0.3, -0.25) is 9.78 Å². The van der Waals surface area contributed by atoms with E-state index in [1.54, 1.807) is 26.3 Å². The van der Waals surface area contributed by atoms with Gasteiger partial charge in [0.1, 0.15) is 17.3 Å². The van der Waals surface area contributed by atoms with E-state index in [1.165, 1.54) is 0 Å². The van der Waals surface area contributed by atoms with Crippen LogP contribution in [0.15, 0.2) is 30.5 Å². The highest BCUT2D eigenvalue weighted by molar-refractivity contribution is 5.92. The van der Waals surface area contributed by atoms with Crippen molar-refractivity contribution in [3.63, 3.8) is 0 Å². The lowest BCUT2D eigenvalue weighted by atomic mass is 10.3. The molecule has 0 aromatic carbocycles. The molecular weight excluding hydrogens is 294 g/mol. The molecule has 7 nitrogen and oxygen atoms in total. The minimum Gasteiger partial charge on any atom is -0.385 e. The number of hydrogen-bond donors (Lipinski definition) is 2. The van der Waals surface area contributed by atoms with E-state index in [0.29, 0.717) is 37.0 Å². The molecule has 122 valence electrons. The lowest BCUT2D eigenvalue weighted by molar-refractivity contribution is 0.0943. The van der Waals surface area contributed by atoms with Crippen molar-refractivity contribution in [2.75, 3.05) is 25.6 Å². The van der Waals surface area contributed by atoms with Gasteiger partial charge in [0.15, 0.2) is 0 Å². The molecule has 0 aliphatic rings. The topological polar surface area (TPSA) is 89.0 Å². The van der Waals surface area contributed by atoms with Gasteiger partial charge in [0.05, 0.1) is 12.2 Å². The zero-order chi connectivity index (χ0) is 16.5. The van der Waals surface area contributed by atoms with E-state index in [4.69, 9.17) is 4.74 Å². The first-order chi connectivity index (χ1) is 11.2. The highest BCUT2D eigenvalue weighted by Gasteiger charge is 2.10. The van der Waals surface area contributed by atoms with Crippen LogP contribution in [-0.4, -0.2) is 41.1 Å². The predicted octanol–water partition coefficient (Wildman–Crippen LogP) is 1.56. The van der Waals surface area contributed by atoms with Crippen LogP contribution in [0.3, 0.4) is 0 Å². The summed E-state index contributed by atoms with van der Waals surface area (Å²) in [5.74, 6) is 0.927. The lowest BCUT2D eigenvalue weighted by Gasteiger charge is -2.09. The molecule has 2 heterocycles. The molecule has 2 aromatic rings. The Balaban J connectivity index is 1.96. The van der Waals surface area contributed by atoms with Gasteiger partial charge in [0.25, 0.3) is 5.91 Å². The molecule has 1 amide bonds. The second-order valence-corrected chi connectivity index (χ2v) is 4.96. The fraction of sp³-hybridized carbons (Fsp3) is 0.375. The summed E-state index contributed by atoms with van der Waals surface area (Å²) in [6, 6.07) is 7.35. The van der Waals surface area contributed by atoms with Crippen LogP contribution < -0.4 is 10.6 Å². The van der Waals surface area contributed by atoms with Crippen molar-refractivity contribution in [2.24, 2.45) is 0 Å². The maximum atomic E-state index is 12.1. The molecule has 7 heteroatoms. The molecule has 0 saturated heterocycles. The first kappa shape index (κ1) is 16.8. The highest BCUT2D eigenvalue weighted by Crippen LogP contribution is 2.08. The molecule has 0 bridgehead atoms. The van der Waals surface area contributed by atoms with Gasteiger partial charge in [0.2, 0.25) is 0 Å². The number of pyridine rings is 1. The van der Waals surface area contributed by atoms with Gasteiger partial charge in [-0.25, -0.2) is 9.97 Å². The Morgan fingerprint density at radius 3 is 2.91 bits per heavy atom. The first-order valence-corrected chi connectivity index (χ1v) is 7.45. The van der Waals surface area contributed by atoms with Crippen molar-refractivity contribution >= 4 is 11.7 Å². The number of rotatable bonds is 8. The van der Waals surface area contributed by atoms with Crippen LogP contribution in [0.5, 0.6) is 0 Å². The number of methoxy groups -OCH3 is 1. The largest absolute Gasteiger partial charge is 0.385 e. The Kier molecular flexibility index (Phi) is 6.43. The van der Waals surface area contributed by atoms with E-state index in [-0.39, 0.29) is 5.91 Å².